The molecule has 16 heavy (non-hydrogen) atoms. The van der Waals surface area contributed by atoms with Crippen molar-refractivity contribution in [3.63, 3.8) is 0 Å². The Hall–Kier alpha value is -1.56. The molecule has 0 saturated heterocycles. The largest absolute Gasteiger partial charge is 0.0622 e. The van der Waals surface area contributed by atoms with Crippen LogP contribution in [-0.2, 0) is 5.41 Å². The van der Waals surface area contributed by atoms with Gasteiger partial charge in [-0.2, -0.15) is 0 Å². The second kappa shape index (κ2) is 3.48. The Balaban J connectivity index is 1.90. The molecule has 1 aliphatic rings. The van der Waals surface area contributed by atoms with E-state index < -0.39 is 0 Å². The molecule has 0 heteroatoms. The van der Waals surface area contributed by atoms with Gasteiger partial charge in [0.2, 0.25) is 0 Å². The predicted molar refractivity (Wildman–Crippen MR) is 67.6 cm³/mol. The van der Waals surface area contributed by atoms with E-state index in [4.69, 9.17) is 0 Å². The van der Waals surface area contributed by atoms with Crippen LogP contribution in [0.5, 0.6) is 0 Å². The molecule has 0 aliphatic heterocycles. The summed E-state index contributed by atoms with van der Waals surface area (Å²) in [5.41, 5.74) is 3.32. The van der Waals surface area contributed by atoms with Crippen molar-refractivity contribution in [2.75, 3.05) is 0 Å². The fraction of sp³-hybridized carbons (Fsp3) is 0.250. The highest BCUT2D eigenvalue weighted by atomic mass is 14.5. The van der Waals surface area contributed by atoms with E-state index in [1.165, 1.54) is 17.5 Å². The minimum atomic E-state index is 0.364. The first kappa shape index (κ1) is 9.65. The van der Waals surface area contributed by atoms with Crippen LogP contribution in [0.4, 0.5) is 0 Å². The Morgan fingerprint density at radius 3 is 2.06 bits per heavy atom. The molecule has 1 unspecified atom stereocenters. The molecular weight excluding hydrogens is 192 g/mol. The molecule has 1 aliphatic carbocycles. The van der Waals surface area contributed by atoms with Crippen LogP contribution in [-0.4, -0.2) is 0 Å². The lowest BCUT2D eigenvalue weighted by Gasteiger charge is -2.11. The average molecular weight is 208 g/mol. The molecule has 2 aromatic rings. The van der Waals surface area contributed by atoms with Gasteiger partial charge in [-0.3, -0.25) is 0 Å². The summed E-state index contributed by atoms with van der Waals surface area (Å²) in [4.78, 5) is 0. The molecule has 0 amide bonds. The van der Waals surface area contributed by atoms with Gasteiger partial charge in [0.15, 0.2) is 0 Å². The Labute approximate surface area is 96.9 Å². The molecule has 2 aromatic carbocycles. The molecule has 3 rings (SSSR count). The molecule has 80 valence electrons. The lowest BCUT2D eigenvalue weighted by Crippen LogP contribution is -2.03. The SMILES string of the molecule is CC1(c2ccccc2)C[C@H]1c1ccccc1. The molecule has 0 aromatic heterocycles. The molecule has 0 N–H and O–H groups in total. The van der Waals surface area contributed by atoms with Gasteiger partial charge < -0.3 is 0 Å². The van der Waals surface area contributed by atoms with Gasteiger partial charge in [0.1, 0.15) is 0 Å². The smallest absolute Gasteiger partial charge is 0.0000207 e. The van der Waals surface area contributed by atoms with Crippen LogP contribution in [0.2, 0.25) is 0 Å². The van der Waals surface area contributed by atoms with Crippen molar-refractivity contribution < 1.29 is 0 Å². The first-order chi connectivity index (χ1) is 7.81. The Morgan fingerprint density at radius 1 is 0.875 bits per heavy atom. The third-order valence-corrected chi connectivity index (χ3v) is 3.87. The van der Waals surface area contributed by atoms with E-state index in [1.807, 2.05) is 0 Å². The van der Waals surface area contributed by atoms with Crippen LogP contribution in [0.3, 0.4) is 0 Å². The molecule has 2 atom stereocenters. The second-order valence-electron chi connectivity index (χ2n) is 4.95. The highest BCUT2D eigenvalue weighted by Crippen LogP contribution is 2.59. The lowest BCUT2D eigenvalue weighted by atomic mass is 9.93. The van der Waals surface area contributed by atoms with Crippen molar-refractivity contribution in [2.24, 2.45) is 0 Å². The topological polar surface area (TPSA) is 0 Å². The molecule has 1 fully saturated rings. The highest BCUT2D eigenvalue weighted by Gasteiger charge is 2.51. The fourth-order valence-corrected chi connectivity index (χ4v) is 2.67. The molecule has 0 bridgehead atoms. The first-order valence-electron chi connectivity index (χ1n) is 5.91. The Morgan fingerprint density at radius 2 is 1.44 bits per heavy atom. The van der Waals surface area contributed by atoms with E-state index in [0.717, 1.165) is 0 Å². The van der Waals surface area contributed by atoms with Crippen molar-refractivity contribution in [1.82, 2.24) is 0 Å². The van der Waals surface area contributed by atoms with Gasteiger partial charge in [-0.1, -0.05) is 67.6 Å². The number of benzene rings is 2. The maximum absolute atomic E-state index is 2.38. The van der Waals surface area contributed by atoms with E-state index in [1.54, 1.807) is 0 Å². The highest BCUT2D eigenvalue weighted by molar-refractivity contribution is 5.41. The summed E-state index contributed by atoms with van der Waals surface area (Å²) in [6.07, 6.45) is 1.28. The molecule has 0 nitrogen and oxygen atoms in total. The van der Waals surface area contributed by atoms with Gasteiger partial charge in [-0.05, 0) is 28.9 Å². The maximum atomic E-state index is 2.38. The number of hydrogen-bond donors (Lipinski definition) is 0. The summed E-state index contributed by atoms with van der Waals surface area (Å²) < 4.78 is 0. The van der Waals surface area contributed by atoms with Crippen molar-refractivity contribution in [3.8, 4) is 0 Å². The lowest BCUT2D eigenvalue weighted by molar-refractivity contribution is 0.749. The number of hydrogen-bond acceptors (Lipinski definition) is 0. The van der Waals surface area contributed by atoms with Crippen LogP contribution < -0.4 is 0 Å². The van der Waals surface area contributed by atoms with Gasteiger partial charge in [0.25, 0.3) is 0 Å². The minimum absolute atomic E-state index is 0.364. The molecule has 0 radical (unpaired) electrons. The summed E-state index contributed by atoms with van der Waals surface area (Å²) in [6, 6.07) is 21.7. The predicted octanol–water partition coefficient (Wildman–Crippen LogP) is 4.13. The third kappa shape index (κ3) is 1.46. The monoisotopic (exact) mass is 208 g/mol. The molecule has 0 spiro atoms. The van der Waals surface area contributed by atoms with Crippen molar-refractivity contribution in [2.45, 2.75) is 24.7 Å². The molecular formula is C16H16. The van der Waals surface area contributed by atoms with Gasteiger partial charge in [-0.25, -0.2) is 0 Å². The zero-order valence-electron chi connectivity index (χ0n) is 9.56. The summed E-state index contributed by atoms with van der Waals surface area (Å²) in [7, 11) is 0. The summed E-state index contributed by atoms with van der Waals surface area (Å²) in [5, 5.41) is 0. The zero-order chi connectivity index (χ0) is 11.0. The minimum Gasteiger partial charge on any atom is -0.0622 e. The molecule has 1 saturated carbocycles. The van der Waals surface area contributed by atoms with E-state index >= 15 is 0 Å². The fourth-order valence-electron chi connectivity index (χ4n) is 2.67. The van der Waals surface area contributed by atoms with Crippen LogP contribution >= 0.6 is 0 Å². The normalized spacial score (nSPS) is 27.7. The van der Waals surface area contributed by atoms with Crippen LogP contribution in [0.15, 0.2) is 60.7 Å². The van der Waals surface area contributed by atoms with Gasteiger partial charge >= 0.3 is 0 Å². The Bertz CT molecular complexity index is 472. The van der Waals surface area contributed by atoms with E-state index in [2.05, 4.69) is 67.6 Å². The van der Waals surface area contributed by atoms with Crippen LogP contribution in [0.25, 0.3) is 0 Å². The third-order valence-electron chi connectivity index (χ3n) is 3.87. The van der Waals surface area contributed by atoms with E-state index in [-0.39, 0.29) is 0 Å². The second-order valence-corrected chi connectivity index (χ2v) is 4.95. The zero-order valence-corrected chi connectivity index (χ0v) is 9.56. The van der Waals surface area contributed by atoms with Gasteiger partial charge in [0, 0.05) is 0 Å². The first-order valence-corrected chi connectivity index (χ1v) is 5.91. The van der Waals surface area contributed by atoms with E-state index in [0.29, 0.717) is 11.3 Å². The average Bonchev–Trinajstić information content (AvgIpc) is 3.06. The quantitative estimate of drug-likeness (QED) is 0.696. The van der Waals surface area contributed by atoms with Crippen molar-refractivity contribution in [1.29, 1.82) is 0 Å². The van der Waals surface area contributed by atoms with E-state index in [9.17, 15) is 0 Å². The Kier molecular flexibility index (Phi) is 2.10. The maximum Gasteiger partial charge on any atom is -0.0000207 e. The molecule has 0 heterocycles. The van der Waals surface area contributed by atoms with Crippen molar-refractivity contribution in [3.05, 3.63) is 71.8 Å². The van der Waals surface area contributed by atoms with Gasteiger partial charge in [-0.15, -0.1) is 0 Å². The van der Waals surface area contributed by atoms with Crippen molar-refractivity contribution >= 4 is 0 Å². The summed E-state index contributed by atoms with van der Waals surface area (Å²) in [5.74, 6) is 0.705. The van der Waals surface area contributed by atoms with Gasteiger partial charge in [0.05, 0.1) is 0 Å². The van der Waals surface area contributed by atoms with Crippen LogP contribution in [0, 0.1) is 0 Å². The standard InChI is InChI=1S/C16H16/c1-16(14-10-6-3-7-11-14)12-15(16)13-8-4-2-5-9-13/h2-11,15H,12H2,1H3/t15-,16?/m0/s1. The summed E-state index contributed by atoms with van der Waals surface area (Å²) >= 11 is 0. The van der Waals surface area contributed by atoms with Crippen LogP contribution in [0.1, 0.15) is 30.4 Å². The number of rotatable bonds is 2. The summed E-state index contributed by atoms with van der Waals surface area (Å²) in [6.45, 7) is 2.38.